The van der Waals surface area contributed by atoms with Crippen molar-refractivity contribution in [1.82, 2.24) is 25.0 Å². The monoisotopic (exact) mass is 346 g/mol. The molecule has 0 aliphatic carbocycles. The number of anilines is 1. The van der Waals surface area contributed by atoms with Crippen LogP contribution in [0.15, 0.2) is 10.7 Å². The van der Waals surface area contributed by atoms with Crippen LogP contribution in [-0.2, 0) is 11.2 Å². The van der Waals surface area contributed by atoms with Gasteiger partial charge in [-0.1, -0.05) is 5.16 Å². The Balaban J connectivity index is 1.83. The summed E-state index contributed by atoms with van der Waals surface area (Å²) in [5, 5.41) is 3.98. The van der Waals surface area contributed by atoms with Gasteiger partial charge in [-0.2, -0.15) is 4.98 Å². The lowest BCUT2D eigenvalue weighted by atomic mass is 10.0. The molecule has 134 valence electrons. The summed E-state index contributed by atoms with van der Waals surface area (Å²) in [6, 6.07) is -0.234. The van der Waals surface area contributed by atoms with E-state index in [0.717, 1.165) is 19.3 Å². The number of hydrogen-bond donors (Lipinski definition) is 1. The number of piperidine rings is 1. The predicted octanol–water partition coefficient (Wildman–Crippen LogP) is 1.31. The highest BCUT2D eigenvalue weighted by molar-refractivity contribution is 5.95. The van der Waals surface area contributed by atoms with Crippen molar-refractivity contribution in [3.05, 3.63) is 29.2 Å². The second-order valence-electron chi connectivity index (χ2n) is 6.03. The van der Waals surface area contributed by atoms with E-state index < -0.39 is 0 Å². The molecule has 1 atom stereocenters. The van der Waals surface area contributed by atoms with Gasteiger partial charge in [0.05, 0.1) is 17.9 Å². The van der Waals surface area contributed by atoms with Crippen molar-refractivity contribution in [1.29, 1.82) is 0 Å². The largest absolute Gasteiger partial charge is 0.384 e. The quantitative estimate of drug-likeness (QED) is 0.860. The van der Waals surface area contributed by atoms with Crippen LogP contribution in [0.4, 0.5) is 5.95 Å². The Morgan fingerprint density at radius 2 is 2.28 bits per heavy atom. The summed E-state index contributed by atoms with van der Waals surface area (Å²) in [6.45, 7) is 2.90. The number of carbonyl (C=O) groups is 1. The molecule has 3 rings (SSSR count). The van der Waals surface area contributed by atoms with Gasteiger partial charge in [0.1, 0.15) is 6.04 Å². The first-order chi connectivity index (χ1) is 12.1. The average molecular weight is 346 g/mol. The van der Waals surface area contributed by atoms with Crippen molar-refractivity contribution in [3.8, 4) is 0 Å². The number of hydrogen-bond acceptors (Lipinski definition) is 8. The molecule has 9 nitrogen and oxygen atoms in total. The number of carbonyl (C=O) groups excluding carboxylic acids is 1. The highest BCUT2D eigenvalue weighted by atomic mass is 16.5. The minimum absolute atomic E-state index is 0.140. The molecule has 9 heteroatoms. The number of ether oxygens (including phenoxy) is 1. The number of methoxy groups -OCH3 is 1. The smallest absolute Gasteiger partial charge is 0.257 e. The molecule has 1 saturated heterocycles. The normalized spacial score (nSPS) is 17.7. The molecule has 2 aromatic rings. The van der Waals surface area contributed by atoms with E-state index in [2.05, 4.69) is 20.1 Å². The predicted molar refractivity (Wildman–Crippen MR) is 88.7 cm³/mol. The number of aryl methyl sites for hydroxylation is 1. The fraction of sp³-hybridized carbons (Fsp3) is 0.562. The molecule has 1 fully saturated rings. The fourth-order valence-electron chi connectivity index (χ4n) is 2.98. The molecule has 1 aliphatic heterocycles. The molecule has 0 saturated carbocycles. The average Bonchev–Trinajstić information content (AvgIpc) is 3.08. The third kappa shape index (κ3) is 3.76. The van der Waals surface area contributed by atoms with E-state index >= 15 is 0 Å². The first-order valence-electron chi connectivity index (χ1n) is 8.31. The first kappa shape index (κ1) is 17.3. The number of nitrogens with zero attached hydrogens (tertiary/aromatic N) is 5. The number of nitrogen functional groups attached to an aromatic ring is 1. The second kappa shape index (κ2) is 7.56. The Hall–Kier alpha value is -2.55. The Kier molecular flexibility index (Phi) is 5.22. The van der Waals surface area contributed by atoms with Crippen LogP contribution in [0.2, 0.25) is 0 Å². The maximum atomic E-state index is 13.0. The fourth-order valence-corrected chi connectivity index (χ4v) is 2.98. The van der Waals surface area contributed by atoms with Gasteiger partial charge >= 0.3 is 0 Å². The van der Waals surface area contributed by atoms with E-state index in [1.54, 1.807) is 18.9 Å². The second-order valence-corrected chi connectivity index (χ2v) is 6.03. The van der Waals surface area contributed by atoms with Gasteiger partial charge < -0.3 is 19.9 Å². The highest BCUT2D eigenvalue weighted by Crippen LogP contribution is 2.31. The number of aromatic nitrogens is 4. The SMILES string of the molecule is COCCc1noc([C@H]2CCCCN2C(=O)c2cnc(N)nc2C)n1. The lowest BCUT2D eigenvalue weighted by Crippen LogP contribution is -2.39. The Labute approximate surface area is 145 Å². The van der Waals surface area contributed by atoms with Gasteiger partial charge in [-0.25, -0.2) is 9.97 Å². The van der Waals surface area contributed by atoms with E-state index in [4.69, 9.17) is 15.0 Å². The highest BCUT2D eigenvalue weighted by Gasteiger charge is 2.33. The van der Waals surface area contributed by atoms with E-state index in [-0.39, 0.29) is 17.9 Å². The van der Waals surface area contributed by atoms with Crippen molar-refractivity contribution in [2.45, 2.75) is 38.6 Å². The Morgan fingerprint density at radius 1 is 1.44 bits per heavy atom. The van der Waals surface area contributed by atoms with Gasteiger partial charge in [-0.15, -0.1) is 0 Å². The molecule has 25 heavy (non-hydrogen) atoms. The summed E-state index contributed by atoms with van der Waals surface area (Å²) in [5.41, 5.74) is 6.58. The molecule has 0 spiro atoms. The van der Waals surface area contributed by atoms with Crippen LogP contribution in [0.25, 0.3) is 0 Å². The molecule has 2 N–H and O–H groups in total. The number of amides is 1. The van der Waals surface area contributed by atoms with E-state index in [9.17, 15) is 4.79 Å². The number of rotatable bonds is 5. The van der Waals surface area contributed by atoms with Gasteiger partial charge in [-0.05, 0) is 26.2 Å². The molecule has 2 aromatic heterocycles. The van der Waals surface area contributed by atoms with Crippen LogP contribution in [0.1, 0.15) is 53.1 Å². The van der Waals surface area contributed by atoms with Gasteiger partial charge in [0.15, 0.2) is 5.82 Å². The maximum absolute atomic E-state index is 13.0. The standard InChI is InChI=1S/C16H22N6O3/c1-10-11(9-18-16(17)19-10)15(23)22-7-4-3-5-12(22)14-20-13(21-25-14)6-8-24-2/h9,12H,3-8H2,1-2H3,(H2,17,18,19)/t12-/m1/s1. The molecule has 0 bridgehead atoms. The van der Waals surface area contributed by atoms with Gasteiger partial charge in [0.25, 0.3) is 5.91 Å². The zero-order valence-corrected chi connectivity index (χ0v) is 14.4. The summed E-state index contributed by atoms with van der Waals surface area (Å²) in [5.74, 6) is 1.07. The van der Waals surface area contributed by atoms with Crippen LogP contribution in [0, 0.1) is 6.92 Å². The minimum Gasteiger partial charge on any atom is -0.384 e. The summed E-state index contributed by atoms with van der Waals surface area (Å²) in [4.78, 5) is 27.2. The van der Waals surface area contributed by atoms with Crippen molar-refractivity contribution < 1.29 is 14.1 Å². The summed E-state index contributed by atoms with van der Waals surface area (Å²) >= 11 is 0. The van der Waals surface area contributed by atoms with Crippen LogP contribution in [-0.4, -0.2) is 51.2 Å². The van der Waals surface area contributed by atoms with Gasteiger partial charge in [-0.3, -0.25) is 4.79 Å². The third-order valence-electron chi connectivity index (χ3n) is 4.29. The molecule has 1 aliphatic rings. The van der Waals surface area contributed by atoms with Gasteiger partial charge in [0.2, 0.25) is 11.8 Å². The molecule has 0 radical (unpaired) electrons. The van der Waals surface area contributed by atoms with Crippen molar-refractivity contribution in [2.75, 3.05) is 26.0 Å². The summed E-state index contributed by atoms with van der Waals surface area (Å²) < 4.78 is 10.4. The van der Waals surface area contributed by atoms with E-state index in [1.165, 1.54) is 6.20 Å². The van der Waals surface area contributed by atoms with Crippen LogP contribution in [0.3, 0.4) is 0 Å². The molecular formula is C16H22N6O3. The molecule has 0 aromatic carbocycles. The first-order valence-corrected chi connectivity index (χ1v) is 8.31. The summed E-state index contributed by atoms with van der Waals surface area (Å²) in [6.07, 6.45) is 4.77. The Bertz CT molecular complexity index is 747. The Morgan fingerprint density at radius 3 is 3.04 bits per heavy atom. The van der Waals surface area contributed by atoms with Crippen LogP contribution in [0.5, 0.6) is 0 Å². The van der Waals surface area contributed by atoms with Gasteiger partial charge in [0, 0.05) is 26.3 Å². The van der Waals surface area contributed by atoms with E-state index in [1.807, 2.05) is 0 Å². The lowest BCUT2D eigenvalue weighted by molar-refractivity contribution is 0.0559. The molecule has 1 amide bonds. The lowest BCUT2D eigenvalue weighted by Gasteiger charge is -2.33. The molecule has 0 unspecified atom stereocenters. The topological polar surface area (TPSA) is 120 Å². The van der Waals surface area contributed by atoms with Crippen molar-refractivity contribution >= 4 is 11.9 Å². The van der Waals surface area contributed by atoms with E-state index in [0.29, 0.717) is 42.5 Å². The van der Waals surface area contributed by atoms with Crippen LogP contribution < -0.4 is 5.73 Å². The minimum atomic E-state index is -0.234. The summed E-state index contributed by atoms with van der Waals surface area (Å²) in [7, 11) is 1.62. The van der Waals surface area contributed by atoms with Crippen molar-refractivity contribution in [2.24, 2.45) is 0 Å². The molecular weight excluding hydrogens is 324 g/mol. The van der Waals surface area contributed by atoms with Crippen molar-refractivity contribution in [3.63, 3.8) is 0 Å². The molecule has 3 heterocycles. The zero-order valence-electron chi connectivity index (χ0n) is 14.4. The zero-order chi connectivity index (χ0) is 17.8. The third-order valence-corrected chi connectivity index (χ3v) is 4.29. The van der Waals surface area contributed by atoms with Crippen LogP contribution >= 0.6 is 0 Å². The maximum Gasteiger partial charge on any atom is 0.257 e. The number of likely N-dealkylation sites (tertiary alicyclic amines) is 1. The number of nitrogens with two attached hydrogens (primary N) is 1.